The molecule has 0 heterocycles. The van der Waals surface area contributed by atoms with E-state index in [1.54, 1.807) is 0 Å². The first-order chi connectivity index (χ1) is 8.17. The summed E-state index contributed by atoms with van der Waals surface area (Å²) in [6.07, 6.45) is 3.74. The van der Waals surface area contributed by atoms with Gasteiger partial charge in [-0.25, -0.2) is 0 Å². The monoisotopic (exact) mass is 234 g/mol. The summed E-state index contributed by atoms with van der Waals surface area (Å²) in [5, 5.41) is 0. The Morgan fingerprint density at radius 3 is 2.29 bits per heavy atom. The molecule has 1 rings (SSSR count). The molecule has 1 aromatic rings. The van der Waals surface area contributed by atoms with E-state index in [0.29, 0.717) is 6.04 Å². The fourth-order valence-corrected chi connectivity index (χ4v) is 2.20. The quantitative estimate of drug-likeness (QED) is 0.729. The summed E-state index contributed by atoms with van der Waals surface area (Å²) in [5.74, 6) is 0. The highest BCUT2D eigenvalue weighted by atomic mass is 15.1. The third kappa shape index (κ3) is 4.78. The Bertz CT molecular complexity index is 305. The Kier molecular flexibility index (Phi) is 6.06. The molecular weight excluding hydrogens is 208 g/mol. The summed E-state index contributed by atoms with van der Waals surface area (Å²) in [4.78, 5) is 2.56. The molecule has 0 bridgehead atoms. The van der Waals surface area contributed by atoms with E-state index in [-0.39, 0.29) is 0 Å². The number of nitrogens with zero attached hydrogens (tertiary/aromatic N) is 1. The summed E-state index contributed by atoms with van der Waals surface area (Å²) in [7, 11) is 0. The predicted molar refractivity (Wildman–Crippen MR) is 75.9 cm³/mol. The number of benzene rings is 1. The normalized spacial score (nSPS) is 12.9. The molecule has 0 saturated carbocycles. The van der Waals surface area contributed by atoms with E-state index < -0.39 is 0 Å². The second-order valence-corrected chi connectivity index (χ2v) is 4.85. The van der Waals surface area contributed by atoms with Crippen LogP contribution in [0.5, 0.6) is 0 Å². The van der Waals surface area contributed by atoms with Gasteiger partial charge in [0.15, 0.2) is 0 Å². The predicted octanol–water partition coefficient (Wildman–Crippen LogP) is 3.67. The van der Waals surface area contributed by atoms with E-state index in [4.69, 9.17) is 5.73 Å². The lowest BCUT2D eigenvalue weighted by molar-refractivity contribution is 0.190. The zero-order valence-corrected chi connectivity index (χ0v) is 11.4. The Morgan fingerprint density at radius 1 is 1.12 bits per heavy atom. The van der Waals surface area contributed by atoms with Crippen molar-refractivity contribution in [2.75, 3.05) is 12.3 Å². The minimum absolute atomic E-state index is 0.664. The molecule has 0 saturated heterocycles. The largest absolute Gasteiger partial charge is 0.399 e. The lowest BCUT2D eigenvalue weighted by Gasteiger charge is -2.28. The molecule has 1 aromatic carbocycles. The van der Waals surface area contributed by atoms with Crippen LogP contribution in [0.15, 0.2) is 24.3 Å². The van der Waals surface area contributed by atoms with Gasteiger partial charge in [0.25, 0.3) is 0 Å². The molecule has 1 atom stereocenters. The Morgan fingerprint density at radius 2 is 1.76 bits per heavy atom. The smallest absolute Gasteiger partial charge is 0.0314 e. The number of rotatable bonds is 7. The molecule has 0 radical (unpaired) electrons. The number of hydrogen-bond acceptors (Lipinski definition) is 2. The lowest BCUT2D eigenvalue weighted by Crippen LogP contribution is -2.33. The summed E-state index contributed by atoms with van der Waals surface area (Å²) in [5.41, 5.74) is 7.91. The third-order valence-corrected chi connectivity index (χ3v) is 3.21. The summed E-state index contributed by atoms with van der Waals surface area (Å²) < 4.78 is 0. The van der Waals surface area contributed by atoms with Crippen LogP contribution in [0.25, 0.3) is 0 Å². The van der Waals surface area contributed by atoms with Crippen molar-refractivity contribution in [3.05, 3.63) is 29.8 Å². The molecule has 0 spiro atoms. The molecule has 17 heavy (non-hydrogen) atoms. The lowest BCUT2D eigenvalue weighted by atomic mass is 10.1. The fraction of sp³-hybridized carbons (Fsp3) is 0.600. The van der Waals surface area contributed by atoms with Crippen LogP contribution < -0.4 is 5.73 Å². The fourth-order valence-electron chi connectivity index (χ4n) is 2.20. The van der Waals surface area contributed by atoms with Gasteiger partial charge >= 0.3 is 0 Å². The van der Waals surface area contributed by atoms with Gasteiger partial charge in [0.2, 0.25) is 0 Å². The van der Waals surface area contributed by atoms with E-state index in [0.717, 1.165) is 12.2 Å². The van der Waals surface area contributed by atoms with Crippen molar-refractivity contribution in [3.63, 3.8) is 0 Å². The van der Waals surface area contributed by atoms with E-state index >= 15 is 0 Å². The van der Waals surface area contributed by atoms with Crippen LogP contribution in [0.1, 0.15) is 45.6 Å². The molecule has 0 fully saturated rings. The first-order valence-electron chi connectivity index (χ1n) is 6.75. The van der Waals surface area contributed by atoms with Crippen LogP contribution >= 0.6 is 0 Å². The molecule has 0 aliphatic carbocycles. The summed E-state index contributed by atoms with van der Waals surface area (Å²) in [6, 6.07) is 8.92. The molecule has 1 unspecified atom stereocenters. The zero-order chi connectivity index (χ0) is 12.7. The number of anilines is 1. The summed E-state index contributed by atoms with van der Waals surface area (Å²) >= 11 is 0. The standard InChI is InChI=1S/C15H26N2/c1-4-6-13(3)17(11-5-2)12-14-7-9-15(16)10-8-14/h7-10,13H,4-6,11-12,16H2,1-3H3. The molecule has 0 aliphatic heterocycles. The number of nitrogen functional groups attached to an aromatic ring is 1. The van der Waals surface area contributed by atoms with Gasteiger partial charge in [-0.2, -0.15) is 0 Å². The highest BCUT2D eigenvalue weighted by Crippen LogP contribution is 2.14. The third-order valence-electron chi connectivity index (χ3n) is 3.21. The molecule has 2 nitrogen and oxygen atoms in total. The van der Waals surface area contributed by atoms with Crippen LogP contribution in [0.3, 0.4) is 0 Å². The van der Waals surface area contributed by atoms with E-state index in [1.807, 2.05) is 12.1 Å². The van der Waals surface area contributed by atoms with Crippen LogP contribution in [0, 0.1) is 0 Å². The second kappa shape index (κ2) is 7.33. The highest BCUT2D eigenvalue weighted by Gasteiger charge is 2.12. The maximum Gasteiger partial charge on any atom is 0.0314 e. The highest BCUT2D eigenvalue weighted by molar-refractivity contribution is 5.39. The van der Waals surface area contributed by atoms with Crippen molar-refractivity contribution < 1.29 is 0 Å². The van der Waals surface area contributed by atoms with E-state index in [2.05, 4.69) is 37.8 Å². The first kappa shape index (κ1) is 14.0. The van der Waals surface area contributed by atoms with Gasteiger partial charge in [-0.15, -0.1) is 0 Å². The maximum absolute atomic E-state index is 5.71. The SMILES string of the molecule is CCCC(C)N(CCC)Cc1ccc(N)cc1. The topological polar surface area (TPSA) is 29.3 Å². The van der Waals surface area contributed by atoms with Crippen molar-refractivity contribution in [2.45, 2.75) is 52.6 Å². The minimum Gasteiger partial charge on any atom is -0.399 e. The van der Waals surface area contributed by atoms with Crippen molar-refractivity contribution in [2.24, 2.45) is 0 Å². The Labute approximate surface area is 106 Å². The molecule has 0 aliphatic rings. The second-order valence-electron chi connectivity index (χ2n) is 4.85. The van der Waals surface area contributed by atoms with Gasteiger partial charge in [-0.05, 0) is 44.0 Å². The average Bonchev–Trinajstić information content (AvgIpc) is 2.31. The van der Waals surface area contributed by atoms with Crippen LogP contribution in [-0.2, 0) is 6.54 Å². The van der Waals surface area contributed by atoms with Gasteiger partial charge in [0.1, 0.15) is 0 Å². The molecule has 2 heteroatoms. The van der Waals surface area contributed by atoms with Gasteiger partial charge in [-0.1, -0.05) is 32.4 Å². The Balaban J connectivity index is 2.62. The van der Waals surface area contributed by atoms with Gasteiger partial charge in [0, 0.05) is 18.3 Å². The summed E-state index contributed by atoms with van der Waals surface area (Å²) in [6.45, 7) is 9.04. The van der Waals surface area contributed by atoms with Crippen molar-refractivity contribution >= 4 is 5.69 Å². The number of nitrogens with two attached hydrogens (primary N) is 1. The van der Waals surface area contributed by atoms with Crippen molar-refractivity contribution in [1.29, 1.82) is 0 Å². The van der Waals surface area contributed by atoms with Crippen LogP contribution in [0.4, 0.5) is 5.69 Å². The van der Waals surface area contributed by atoms with Gasteiger partial charge in [-0.3, -0.25) is 4.90 Å². The van der Waals surface area contributed by atoms with Crippen LogP contribution in [0.2, 0.25) is 0 Å². The maximum atomic E-state index is 5.71. The molecule has 0 aromatic heterocycles. The zero-order valence-electron chi connectivity index (χ0n) is 11.4. The van der Waals surface area contributed by atoms with Crippen molar-refractivity contribution in [3.8, 4) is 0 Å². The average molecular weight is 234 g/mol. The minimum atomic E-state index is 0.664. The van der Waals surface area contributed by atoms with Gasteiger partial charge in [0.05, 0.1) is 0 Å². The molecule has 0 amide bonds. The molecule has 2 N–H and O–H groups in total. The van der Waals surface area contributed by atoms with Crippen molar-refractivity contribution in [1.82, 2.24) is 4.90 Å². The van der Waals surface area contributed by atoms with E-state index in [9.17, 15) is 0 Å². The molecular formula is C15H26N2. The first-order valence-corrected chi connectivity index (χ1v) is 6.75. The Hall–Kier alpha value is -1.02. The van der Waals surface area contributed by atoms with Crippen LogP contribution in [-0.4, -0.2) is 17.5 Å². The van der Waals surface area contributed by atoms with Gasteiger partial charge < -0.3 is 5.73 Å². The van der Waals surface area contributed by atoms with E-state index in [1.165, 1.54) is 31.4 Å². The number of hydrogen-bond donors (Lipinski definition) is 1. The molecule has 96 valence electrons.